The predicted octanol–water partition coefficient (Wildman–Crippen LogP) is 2.21. The first-order valence-electron chi connectivity index (χ1n) is 7.08. The van der Waals surface area contributed by atoms with Crippen molar-refractivity contribution in [2.45, 2.75) is 19.3 Å². The van der Waals surface area contributed by atoms with Gasteiger partial charge in [-0.05, 0) is 30.9 Å². The van der Waals surface area contributed by atoms with Crippen molar-refractivity contribution < 1.29 is 19.0 Å². The zero-order valence-electron chi connectivity index (χ0n) is 11.4. The Bertz CT molecular complexity index is 485. The van der Waals surface area contributed by atoms with Crippen LogP contribution in [0.25, 0.3) is 0 Å². The maximum Gasteiger partial charge on any atom is 0.250 e. The van der Waals surface area contributed by atoms with Gasteiger partial charge in [-0.2, -0.15) is 0 Å². The summed E-state index contributed by atoms with van der Waals surface area (Å²) in [5, 5.41) is 2.81. The molecule has 0 saturated heterocycles. The van der Waals surface area contributed by atoms with E-state index in [9.17, 15) is 4.79 Å². The molecule has 1 aliphatic carbocycles. The SMILES string of the molecule is O=C(COCC1CC1)Nc1ccc2c(c1)OCCCO2. The highest BCUT2D eigenvalue weighted by atomic mass is 16.5. The van der Waals surface area contributed by atoms with E-state index in [1.165, 1.54) is 12.8 Å². The second kappa shape index (κ2) is 6.13. The fourth-order valence-electron chi connectivity index (χ4n) is 2.04. The summed E-state index contributed by atoms with van der Waals surface area (Å²) in [5.74, 6) is 1.94. The monoisotopic (exact) mass is 277 g/mol. The van der Waals surface area contributed by atoms with Crippen LogP contribution >= 0.6 is 0 Å². The molecule has 0 atom stereocenters. The molecule has 1 fully saturated rings. The third-order valence-corrected chi connectivity index (χ3v) is 3.31. The normalized spacial score (nSPS) is 17.4. The second-order valence-electron chi connectivity index (χ2n) is 5.22. The van der Waals surface area contributed by atoms with Gasteiger partial charge in [0, 0.05) is 18.2 Å². The summed E-state index contributed by atoms with van der Waals surface area (Å²) in [5.41, 5.74) is 0.703. The van der Waals surface area contributed by atoms with Gasteiger partial charge in [-0.25, -0.2) is 0 Å². The molecule has 1 N–H and O–H groups in total. The van der Waals surface area contributed by atoms with Crippen molar-refractivity contribution in [3.63, 3.8) is 0 Å². The molecule has 1 aromatic carbocycles. The van der Waals surface area contributed by atoms with Crippen LogP contribution in [0.3, 0.4) is 0 Å². The zero-order valence-corrected chi connectivity index (χ0v) is 11.4. The lowest BCUT2D eigenvalue weighted by molar-refractivity contribution is -0.120. The van der Waals surface area contributed by atoms with Gasteiger partial charge >= 0.3 is 0 Å². The first-order chi connectivity index (χ1) is 9.81. The van der Waals surface area contributed by atoms with Gasteiger partial charge in [-0.1, -0.05) is 0 Å². The van der Waals surface area contributed by atoms with E-state index in [0.717, 1.165) is 12.2 Å². The van der Waals surface area contributed by atoms with Gasteiger partial charge in [0.1, 0.15) is 6.61 Å². The molecule has 0 radical (unpaired) electrons. The molecule has 2 aliphatic rings. The number of ether oxygens (including phenoxy) is 3. The van der Waals surface area contributed by atoms with E-state index in [0.29, 0.717) is 37.2 Å². The van der Waals surface area contributed by atoms with Crippen LogP contribution in [0.5, 0.6) is 11.5 Å². The number of fused-ring (bicyclic) bond motifs is 1. The summed E-state index contributed by atoms with van der Waals surface area (Å²) in [6.45, 7) is 2.09. The number of nitrogens with one attached hydrogen (secondary N) is 1. The smallest absolute Gasteiger partial charge is 0.250 e. The first-order valence-corrected chi connectivity index (χ1v) is 7.08. The minimum Gasteiger partial charge on any atom is -0.490 e. The van der Waals surface area contributed by atoms with Gasteiger partial charge in [-0.15, -0.1) is 0 Å². The van der Waals surface area contributed by atoms with Crippen molar-refractivity contribution in [3.05, 3.63) is 18.2 Å². The summed E-state index contributed by atoms with van der Waals surface area (Å²) in [6.07, 6.45) is 3.32. The standard InChI is InChI=1S/C15H19NO4/c17-15(10-18-9-11-2-3-11)16-12-4-5-13-14(8-12)20-7-1-6-19-13/h4-5,8,11H,1-3,6-7,9-10H2,(H,16,17). The molecule has 1 saturated carbocycles. The van der Waals surface area contributed by atoms with Gasteiger partial charge in [0.15, 0.2) is 11.5 Å². The van der Waals surface area contributed by atoms with E-state index in [-0.39, 0.29) is 12.5 Å². The number of anilines is 1. The van der Waals surface area contributed by atoms with E-state index in [2.05, 4.69) is 5.32 Å². The lowest BCUT2D eigenvalue weighted by Gasteiger charge is -2.10. The Morgan fingerprint density at radius 2 is 2.05 bits per heavy atom. The quantitative estimate of drug-likeness (QED) is 0.896. The number of hydrogen-bond donors (Lipinski definition) is 1. The number of carbonyl (C=O) groups is 1. The molecule has 5 heteroatoms. The molecule has 1 aromatic rings. The van der Waals surface area contributed by atoms with Crippen LogP contribution < -0.4 is 14.8 Å². The van der Waals surface area contributed by atoms with Gasteiger partial charge in [0.25, 0.3) is 0 Å². The average molecular weight is 277 g/mol. The van der Waals surface area contributed by atoms with Gasteiger partial charge in [-0.3, -0.25) is 4.79 Å². The Hall–Kier alpha value is -1.75. The van der Waals surface area contributed by atoms with Crippen LogP contribution in [-0.2, 0) is 9.53 Å². The van der Waals surface area contributed by atoms with Crippen molar-refractivity contribution in [1.82, 2.24) is 0 Å². The lowest BCUT2D eigenvalue weighted by atomic mass is 10.2. The van der Waals surface area contributed by atoms with E-state index in [1.54, 1.807) is 6.07 Å². The van der Waals surface area contributed by atoms with E-state index in [4.69, 9.17) is 14.2 Å². The number of amides is 1. The van der Waals surface area contributed by atoms with Gasteiger partial charge < -0.3 is 19.5 Å². The minimum atomic E-state index is -0.139. The summed E-state index contributed by atoms with van der Waals surface area (Å²) in [6, 6.07) is 5.42. The Balaban J connectivity index is 1.53. The molecule has 3 rings (SSSR count). The molecular weight excluding hydrogens is 258 g/mol. The molecular formula is C15H19NO4. The van der Waals surface area contributed by atoms with Crippen LogP contribution in [-0.4, -0.2) is 32.3 Å². The lowest BCUT2D eigenvalue weighted by Crippen LogP contribution is -2.19. The number of hydrogen-bond acceptors (Lipinski definition) is 4. The summed E-state index contributed by atoms with van der Waals surface area (Å²) in [7, 11) is 0. The van der Waals surface area contributed by atoms with Crippen molar-refractivity contribution in [2.75, 3.05) is 31.7 Å². The average Bonchev–Trinajstić information content (AvgIpc) is 3.24. The minimum absolute atomic E-state index is 0.102. The third kappa shape index (κ3) is 3.63. The topological polar surface area (TPSA) is 56.8 Å². The molecule has 20 heavy (non-hydrogen) atoms. The Morgan fingerprint density at radius 3 is 2.85 bits per heavy atom. The van der Waals surface area contributed by atoms with E-state index < -0.39 is 0 Å². The summed E-state index contributed by atoms with van der Waals surface area (Å²) in [4.78, 5) is 11.7. The number of carbonyl (C=O) groups excluding carboxylic acids is 1. The van der Waals surface area contributed by atoms with Gasteiger partial charge in [0.2, 0.25) is 5.91 Å². The van der Waals surface area contributed by atoms with Crippen molar-refractivity contribution >= 4 is 11.6 Å². The maximum atomic E-state index is 11.7. The summed E-state index contributed by atoms with van der Waals surface area (Å²) >= 11 is 0. The highest BCUT2D eigenvalue weighted by Gasteiger charge is 2.21. The zero-order chi connectivity index (χ0) is 13.8. The first kappa shape index (κ1) is 13.2. The predicted molar refractivity (Wildman–Crippen MR) is 74.2 cm³/mol. The molecule has 1 heterocycles. The van der Waals surface area contributed by atoms with Crippen LogP contribution in [0.15, 0.2) is 18.2 Å². The molecule has 0 spiro atoms. The van der Waals surface area contributed by atoms with E-state index >= 15 is 0 Å². The highest BCUT2D eigenvalue weighted by molar-refractivity contribution is 5.92. The Kier molecular flexibility index (Phi) is 4.06. The second-order valence-corrected chi connectivity index (χ2v) is 5.22. The Morgan fingerprint density at radius 1 is 1.25 bits per heavy atom. The molecule has 0 unspecified atom stereocenters. The molecule has 1 amide bonds. The largest absolute Gasteiger partial charge is 0.490 e. The van der Waals surface area contributed by atoms with Gasteiger partial charge in [0.05, 0.1) is 19.8 Å². The number of rotatable bonds is 5. The molecule has 0 aromatic heterocycles. The van der Waals surface area contributed by atoms with Crippen LogP contribution in [0, 0.1) is 5.92 Å². The van der Waals surface area contributed by atoms with Crippen LogP contribution in [0.1, 0.15) is 19.3 Å². The maximum absolute atomic E-state index is 11.7. The fraction of sp³-hybridized carbons (Fsp3) is 0.533. The van der Waals surface area contributed by atoms with Crippen molar-refractivity contribution in [2.24, 2.45) is 5.92 Å². The van der Waals surface area contributed by atoms with Crippen LogP contribution in [0.2, 0.25) is 0 Å². The molecule has 1 aliphatic heterocycles. The van der Waals surface area contributed by atoms with Crippen LogP contribution in [0.4, 0.5) is 5.69 Å². The van der Waals surface area contributed by atoms with Crippen molar-refractivity contribution in [3.8, 4) is 11.5 Å². The van der Waals surface area contributed by atoms with Crippen molar-refractivity contribution in [1.29, 1.82) is 0 Å². The Labute approximate surface area is 118 Å². The molecule has 108 valence electrons. The molecule has 5 nitrogen and oxygen atoms in total. The fourth-order valence-corrected chi connectivity index (χ4v) is 2.04. The number of benzene rings is 1. The molecule has 0 bridgehead atoms. The van der Waals surface area contributed by atoms with E-state index in [1.807, 2.05) is 12.1 Å². The summed E-state index contributed by atoms with van der Waals surface area (Å²) < 4.78 is 16.5. The third-order valence-electron chi connectivity index (χ3n) is 3.31. The highest BCUT2D eigenvalue weighted by Crippen LogP contribution is 2.32.